The van der Waals surface area contributed by atoms with E-state index >= 15 is 0 Å². The molecule has 0 spiro atoms. The molecule has 2 atom stereocenters. The Labute approximate surface area is 122 Å². The van der Waals surface area contributed by atoms with Gasteiger partial charge in [-0.2, -0.15) is 0 Å². The number of carbonyl (C=O) groups is 2. The number of carboxylic acids is 1. The lowest BCUT2D eigenvalue weighted by Gasteiger charge is -2.21. The van der Waals surface area contributed by atoms with Gasteiger partial charge < -0.3 is 19.9 Å². The van der Waals surface area contributed by atoms with Crippen molar-refractivity contribution < 1.29 is 24.2 Å². The summed E-state index contributed by atoms with van der Waals surface area (Å²) in [6.45, 7) is 0.892. The summed E-state index contributed by atoms with van der Waals surface area (Å²) >= 11 is 0. The van der Waals surface area contributed by atoms with Gasteiger partial charge in [0.15, 0.2) is 11.5 Å². The van der Waals surface area contributed by atoms with E-state index < -0.39 is 5.97 Å². The molecule has 1 aliphatic heterocycles. The van der Waals surface area contributed by atoms with Crippen LogP contribution in [0.4, 0.5) is 0 Å². The lowest BCUT2D eigenvalue weighted by molar-refractivity contribution is -0.141. The summed E-state index contributed by atoms with van der Waals surface area (Å²) in [6.07, 6.45) is 1.77. The third kappa shape index (κ3) is 2.79. The predicted molar refractivity (Wildman–Crippen MR) is 73.7 cm³/mol. The summed E-state index contributed by atoms with van der Waals surface area (Å²) < 4.78 is 11.0. The minimum atomic E-state index is -0.791. The van der Waals surface area contributed by atoms with Gasteiger partial charge in [-0.25, -0.2) is 0 Å². The number of carbonyl (C=O) groups excluding carboxylic acids is 1. The Morgan fingerprint density at radius 3 is 2.76 bits per heavy atom. The molecule has 0 saturated heterocycles. The quantitative estimate of drug-likeness (QED) is 0.880. The monoisotopic (exact) mass is 291 g/mol. The van der Waals surface area contributed by atoms with Crippen LogP contribution >= 0.6 is 0 Å². The Morgan fingerprint density at radius 1 is 1.19 bits per heavy atom. The zero-order chi connectivity index (χ0) is 14.8. The molecule has 2 aliphatic rings. The molecule has 112 valence electrons. The van der Waals surface area contributed by atoms with Gasteiger partial charge in [-0.05, 0) is 31.4 Å². The average molecular weight is 291 g/mol. The topological polar surface area (TPSA) is 84.9 Å². The number of hydrogen-bond donors (Lipinski definition) is 2. The molecule has 0 aromatic heterocycles. The van der Waals surface area contributed by atoms with E-state index in [9.17, 15) is 9.59 Å². The van der Waals surface area contributed by atoms with E-state index in [4.69, 9.17) is 14.6 Å². The third-order valence-electron chi connectivity index (χ3n) is 3.93. The number of hydrogen-bond acceptors (Lipinski definition) is 4. The molecular weight excluding hydrogens is 274 g/mol. The zero-order valence-corrected chi connectivity index (χ0v) is 11.5. The smallest absolute Gasteiger partial charge is 0.306 e. The van der Waals surface area contributed by atoms with E-state index in [0.717, 1.165) is 0 Å². The van der Waals surface area contributed by atoms with Gasteiger partial charge in [-0.1, -0.05) is 6.07 Å². The third-order valence-corrected chi connectivity index (χ3v) is 3.93. The highest BCUT2D eigenvalue weighted by atomic mass is 16.6. The van der Waals surface area contributed by atoms with Crippen molar-refractivity contribution in [2.45, 2.75) is 25.3 Å². The molecule has 0 radical (unpaired) electrons. The van der Waals surface area contributed by atoms with Gasteiger partial charge in [-0.3, -0.25) is 9.59 Å². The van der Waals surface area contributed by atoms with Crippen molar-refractivity contribution in [3.05, 3.63) is 23.8 Å². The number of carboxylic acid groups (broad SMARTS) is 1. The summed E-state index contributed by atoms with van der Waals surface area (Å²) in [5.74, 6) is -0.355. The highest BCUT2D eigenvalue weighted by Gasteiger charge is 2.31. The Kier molecular flexibility index (Phi) is 3.68. The van der Waals surface area contributed by atoms with Gasteiger partial charge >= 0.3 is 5.97 Å². The van der Waals surface area contributed by atoms with Gasteiger partial charge in [0, 0.05) is 6.04 Å². The maximum absolute atomic E-state index is 12.4. The van der Waals surface area contributed by atoms with Crippen LogP contribution in [-0.4, -0.2) is 36.2 Å². The molecule has 2 N–H and O–H groups in total. The molecule has 3 rings (SSSR count). The minimum absolute atomic E-state index is 0.0982. The Bertz CT molecular complexity index is 571. The maximum Gasteiger partial charge on any atom is 0.306 e. The second kappa shape index (κ2) is 5.63. The number of fused-ring (bicyclic) bond motifs is 1. The van der Waals surface area contributed by atoms with E-state index in [1.807, 2.05) is 0 Å². The van der Waals surface area contributed by atoms with Crippen LogP contribution in [0.3, 0.4) is 0 Å². The molecule has 6 nitrogen and oxygen atoms in total. The van der Waals surface area contributed by atoms with Crippen LogP contribution in [0, 0.1) is 5.92 Å². The van der Waals surface area contributed by atoms with Gasteiger partial charge in [0.05, 0.1) is 11.5 Å². The first-order valence-corrected chi connectivity index (χ1v) is 7.07. The highest BCUT2D eigenvalue weighted by molar-refractivity contribution is 5.98. The van der Waals surface area contributed by atoms with E-state index in [1.54, 1.807) is 18.2 Å². The van der Waals surface area contributed by atoms with Crippen molar-refractivity contribution in [3.63, 3.8) is 0 Å². The summed E-state index contributed by atoms with van der Waals surface area (Å²) in [6, 6.07) is 5.10. The molecule has 0 bridgehead atoms. The molecule has 1 heterocycles. The molecule has 1 aromatic rings. The number of rotatable bonds is 3. The Hall–Kier alpha value is -2.24. The molecule has 1 saturated carbocycles. The van der Waals surface area contributed by atoms with Crippen molar-refractivity contribution in [1.29, 1.82) is 0 Å². The first kappa shape index (κ1) is 13.7. The Balaban J connectivity index is 1.70. The van der Waals surface area contributed by atoms with Crippen molar-refractivity contribution in [2.24, 2.45) is 5.92 Å². The van der Waals surface area contributed by atoms with Gasteiger partial charge in [0.2, 0.25) is 0 Å². The second-order valence-electron chi connectivity index (χ2n) is 5.35. The Morgan fingerprint density at radius 2 is 2.00 bits per heavy atom. The maximum atomic E-state index is 12.4. The molecule has 0 unspecified atom stereocenters. The molecule has 6 heteroatoms. The number of benzene rings is 1. The molecule has 1 fully saturated rings. The number of para-hydroxylation sites is 1. The first-order chi connectivity index (χ1) is 10.1. The number of amides is 1. The van der Waals surface area contributed by atoms with Gasteiger partial charge in [-0.15, -0.1) is 0 Å². The van der Waals surface area contributed by atoms with E-state index in [1.165, 1.54) is 0 Å². The van der Waals surface area contributed by atoms with Crippen molar-refractivity contribution in [1.82, 2.24) is 5.32 Å². The summed E-state index contributed by atoms with van der Waals surface area (Å²) in [7, 11) is 0. The molecule has 1 aliphatic carbocycles. The largest absolute Gasteiger partial charge is 0.486 e. The highest BCUT2D eigenvalue weighted by Crippen LogP contribution is 2.34. The average Bonchev–Trinajstić information content (AvgIpc) is 2.95. The van der Waals surface area contributed by atoms with Crippen LogP contribution in [0.5, 0.6) is 11.5 Å². The van der Waals surface area contributed by atoms with E-state index in [2.05, 4.69) is 5.32 Å². The lowest BCUT2D eigenvalue weighted by Crippen LogP contribution is -2.34. The van der Waals surface area contributed by atoms with E-state index in [-0.39, 0.29) is 17.9 Å². The van der Waals surface area contributed by atoms with Crippen LogP contribution in [0.1, 0.15) is 29.6 Å². The number of aliphatic carboxylic acids is 1. The van der Waals surface area contributed by atoms with Crippen LogP contribution in [0.2, 0.25) is 0 Å². The molecular formula is C15H17NO5. The summed E-state index contributed by atoms with van der Waals surface area (Å²) in [4.78, 5) is 23.3. The van der Waals surface area contributed by atoms with Crippen LogP contribution in [-0.2, 0) is 4.79 Å². The van der Waals surface area contributed by atoms with Crippen molar-refractivity contribution in [3.8, 4) is 11.5 Å². The van der Waals surface area contributed by atoms with Crippen LogP contribution < -0.4 is 14.8 Å². The van der Waals surface area contributed by atoms with Gasteiger partial charge in [0.25, 0.3) is 5.91 Å². The number of nitrogens with one attached hydrogen (secondary N) is 1. The van der Waals surface area contributed by atoms with Gasteiger partial charge in [0.1, 0.15) is 13.2 Å². The molecule has 21 heavy (non-hydrogen) atoms. The fraction of sp³-hybridized carbons (Fsp3) is 0.467. The first-order valence-electron chi connectivity index (χ1n) is 7.07. The normalized spacial score (nSPS) is 23.6. The SMILES string of the molecule is O=C(N[C@@H]1CC[C@H](C(=O)O)C1)c1cccc2c1OCCO2. The van der Waals surface area contributed by atoms with Crippen LogP contribution in [0.25, 0.3) is 0 Å². The molecule has 1 amide bonds. The zero-order valence-electron chi connectivity index (χ0n) is 11.5. The van der Waals surface area contributed by atoms with Crippen molar-refractivity contribution in [2.75, 3.05) is 13.2 Å². The summed E-state index contributed by atoms with van der Waals surface area (Å²) in [5, 5.41) is 11.9. The summed E-state index contributed by atoms with van der Waals surface area (Å²) in [5.41, 5.74) is 0.436. The van der Waals surface area contributed by atoms with Crippen LogP contribution in [0.15, 0.2) is 18.2 Å². The predicted octanol–water partition coefficient (Wildman–Crippen LogP) is 1.44. The fourth-order valence-electron chi connectivity index (χ4n) is 2.85. The lowest BCUT2D eigenvalue weighted by atomic mass is 10.1. The van der Waals surface area contributed by atoms with Crippen molar-refractivity contribution >= 4 is 11.9 Å². The second-order valence-corrected chi connectivity index (χ2v) is 5.35. The fourth-order valence-corrected chi connectivity index (χ4v) is 2.85. The van der Waals surface area contributed by atoms with E-state index in [0.29, 0.717) is 49.5 Å². The molecule has 1 aromatic carbocycles. The standard InChI is InChI=1S/C15H17NO5/c17-14(16-10-5-4-9(8-10)15(18)19)11-2-1-3-12-13(11)21-7-6-20-12/h1-3,9-10H,4-8H2,(H,16,17)(H,18,19)/t9-,10+/m0/s1. The minimum Gasteiger partial charge on any atom is -0.486 e. The number of ether oxygens (including phenoxy) is 2.